The molecule has 0 spiro atoms. The average Bonchev–Trinajstić information content (AvgIpc) is 3.04. The number of fused-ring (bicyclic) bond motifs is 3. The summed E-state index contributed by atoms with van der Waals surface area (Å²) in [7, 11) is 0. The van der Waals surface area contributed by atoms with Gasteiger partial charge < -0.3 is 5.32 Å². The lowest BCUT2D eigenvalue weighted by molar-refractivity contribution is 0.424. The fourth-order valence-electron chi connectivity index (χ4n) is 4.13. The summed E-state index contributed by atoms with van der Waals surface area (Å²) in [6, 6.07) is 13.9. The highest BCUT2D eigenvalue weighted by Crippen LogP contribution is 2.51. The lowest BCUT2D eigenvalue weighted by atomic mass is 9.75. The minimum atomic E-state index is -0.172. The molecule has 2 aliphatic rings. The summed E-state index contributed by atoms with van der Waals surface area (Å²) in [4.78, 5) is 0. The molecule has 0 amide bonds. The second-order valence-electron chi connectivity index (χ2n) is 6.99. The Labute approximate surface area is 137 Å². The van der Waals surface area contributed by atoms with Gasteiger partial charge in [-0.1, -0.05) is 56.3 Å². The summed E-state index contributed by atoms with van der Waals surface area (Å²) in [6.07, 6.45) is 5.72. The van der Waals surface area contributed by atoms with Gasteiger partial charge in [-0.3, -0.25) is 0 Å². The van der Waals surface area contributed by atoms with Gasteiger partial charge in [0.15, 0.2) is 0 Å². The molecule has 0 unspecified atom stereocenters. The molecule has 3 atom stereocenters. The maximum atomic E-state index is 13.3. The smallest absolute Gasteiger partial charge is 0.123 e. The molecule has 1 nitrogen and oxygen atoms in total. The number of anilines is 1. The van der Waals surface area contributed by atoms with E-state index in [0.717, 1.165) is 6.42 Å². The van der Waals surface area contributed by atoms with Crippen molar-refractivity contribution < 1.29 is 4.39 Å². The van der Waals surface area contributed by atoms with Crippen LogP contribution in [0.1, 0.15) is 54.8 Å². The molecule has 0 saturated carbocycles. The molecule has 2 aromatic carbocycles. The second kappa shape index (κ2) is 5.52. The maximum absolute atomic E-state index is 13.3. The van der Waals surface area contributed by atoms with Crippen LogP contribution in [0, 0.1) is 11.7 Å². The van der Waals surface area contributed by atoms with E-state index < -0.39 is 0 Å². The maximum Gasteiger partial charge on any atom is 0.123 e. The molecule has 0 saturated heterocycles. The topological polar surface area (TPSA) is 12.0 Å². The van der Waals surface area contributed by atoms with Crippen molar-refractivity contribution in [1.82, 2.24) is 0 Å². The van der Waals surface area contributed by atoms with E-state index in [-0.39, 0.29) is 11.9 Å². The van der Waals surface area contributed by atoms with Gasteiger partial charge in [0.25, 0.3) is 0 Å². The minimum Gasteiger partial charge on any atom is -0.377 e. The molecule has 118 valence electrons. The summed E-state index contributed by atoms with van der Waals surface area (Å²) in [6.45, 7) is 4.47. The summed E-state index contributed by atoms with van der Waals surface area (Å²) in [5.74, 6) is 1.28. The van der Waals surface area contributed by atoms with E-state index in [2.05, 4.69) is 49.5 Å². The van der Waals surface area contributed by atoms with Crippen molar-refractivity contribution in [3.63, 3.8) is 0 Å². The Morgan fingerprint density at radius 2 is 1.87 bits per heavy atom. The third kappa shape index (κ3) is 2.37. The van der Waals surface area contributed by atoms with E-state index >= 15 is 0 Å². The first kappa shape index (κ1) is 14.5. The first-order chi connectivity index (χ1) is 11.1. The number of hydrogen-bond donors (Lipinski definition) is 1. The van der Waals surface area contributed by atoms with E-state index in [4.69, 9.17) is 0 Å². The normalized spacial score (nSPS) is 25.1. The zero-order chi connectivity index (χ0) is 16.0. The molecule has 0 aromatic heterocycles. The fraction of sp³-hybridized carbons (Fsp3) is 0.333. The van der Waals surface area contributed by atoms with Gasteiger partial charge in [-0.05, 0) is 47.1 Å². The highest BCUT2D eigenvalue weighted by atomic mass is 19.1. The lowest BCUT2D eigenvalue weighted by Gasteiger charge is -2.39. The monoisotopic (exact) mass is 307 g/mol. The molecular weight excluding hydrogens is 285 g/mol. The number of rotatable bonds is 2. The molecule has 0 bridgehead atoms. The van der Waals surface area contributed by atoms with Crippen molar-refractivity contribution in [1.29, 1.82) is 0 Å². The quantitative estimate of drug-likeness (QED) is 0.694. The number of hydrogen-bond acceptors (Lipinski definition) is 1. The number of halogens is 1. The third-order valence-electron chi connectivity index (χ3n) is 5.28. The van der Waals surface area contributed by atoms with Gasteiger partial charge in [0, 0.05) is 11.6 Å². The van der Waals surface area contributed by atoms with Crippen LogP contribution in [0.4, 0.5) is 10.1 Å². The van der Waals surface area contributed by atoms with Crippen molar-refractivity contribution in [3.8, 4) is 0 Å². The van der Waals surface area contributed by atoms with Crippen molar-refractivity contribution in [2.75, 3.05) is 5.32 Å². The Morgan fingerprint density at radius 3 is 2.61 bits per heavy atom. The van der Waals surface area contributed by atoms with Crippen molar-refractivity contribution in [2.45, 2.75) is 38.1 Å². The van der Waals surface area contributed by atoms with Crippen LogP contribution in [0.25, 0.3) is 0 Å². The van der Waals surface area contributed by atoms with Crippen LogP contribution in [0.5, 0.6) is 0 Å². The SMILES string of the molecule is CC(C)c1cccc2c1N[C@H](c1ccc(F)cc1)[C@@H]1CC=C[C@@H]21. The Hall–Kier alpha value is -2.09. The molecule has 4 rings (SSSR count). The van der Waals surface area contributed by atoms with Crippen LogP contribution in [0.15, 0.2) is 54.6 Å². The predicted octanol–water partition coefficient (Wildman–Crippen LogP) is 5.78. The number of benzene rings is 2. The molecule has 0 radical (unpaired) electrons. The molecular formula is C21H22FN. The molecule has 1 aliphatic heterocycles. The Bertz CT molecular complexity index is 745. The Balaban J connectivity index is 1.82. The number of para-hydroxylation sites is 1. The zero-order valence-electron chi connectivity index (χ0n) is 13.6. The molecule has 1 N–H and O–H groups in total. The molecule has 23 heavy (non-hydrogen) atoms. The van der Waals surface area contributed by atoms with Gasteiger partial charge in [-0.2, -0.15) is 0 Å². The van der Waals surface area contributed by atoms with Gasteiger partial charge in [0.1, 0.15) is 5.82 Å². The summed E-state index contributed by atoms with van der Waals surface area (Å²) < 4.78 is 13.3. The summed E-state index contributed by atoms with van der Waals surface area (Å²) in [5.41, 5.74) is 5.24. The Kier molecular flexibility index (Phi) is 3.48. The number of nitrogens with one attached hydrogen (secondary N) is 1. The standard InChI is InChI=1S/C21H22FN/c1-13(2)16-5-3-8-19-17-6-4-7-18(17)20(23-21(16)19)14-9-11-15(22)12-10-14/h3-6,8-13,17-18,20,23H,7H2,1-2H3/t17-,18-,20-/m1/s1. The van der Waals surface area contributed by atoms with Crippen LogP contribution in [-0.2, 0) is 0 Å². The molecule has 1 aliphatic carbocycles. The molecule has 1 heterocycles. The average molecular weight is 307 g/mol. The van der Waals surface area contributed by atoms with Crippen LogP contribution in [0.2, 0.25) is 0 Å². The van der Waals surface area contributed by atoms with Crippen LogP contribution in [-0.4, -0.2) is 0 Å². The first-order valence-electron chi connectivity index (χ1n) is 8.46. The predicted molar refractivity (Wildman–Crippen MR) is 93.3 cm³/mol. The minimum absolute atomic E-state index is 0.172. The van der Waals surface area contributed by atoms with Gasteiger partial charge in [0.05, 0.1) is 6.04 Å². The fourth-order valence-corrected chi connectivity index (χ4v) is 4.13. The Morgan fingerprint density at radius 1 is 1.09 bits per heavy atom. The van der Waals surface area contributed by atoms with Crippen molar-refractivity contribution in [2.24, 2.45) is 5.92 Å². The molecule has 0 fully saturated rings. The van der Waals surface area contributed by atoms with E-state index in [1.807, 2.05) is 12.1 Å². The molecule has 2 heteroatoms. The first-order valence-corrected chi connectivity index (χ1v) is 8.46. The second-order valence-corrected chi connectivity index (χ2v) is 6.99. The van der Waals surface area contributed by atoms with E-state index in [1.165, 1.54) is 22.4 Å². The van der Waals surface area contributed by atoms with Gasteiger partial charge >= 0.3 is 0 Å². The van der Waals surface area contributed by atoms with E-state index in [1.54, 1.807) is 12.1 Å². The highest BCUT2D eigenvalue weighted by Gasteiger charge is 2.38. The van der Waals surface area contributed by atoms with E-state index in [0.29, 0.717) is 17.8 Å². The largest absolute Gasteiger partial charge is 0.377 e. The summed E-state index contributed by atoms with van der Waals surface area (Å²) >= 11 is 0. The van der Waals surface area contributed by atoms with Crippen molar-refractivity contribution >= 4 is 5.69 Å². The van der Waals surface area contributed by atoms with Crippen LogP contribution in [0.3, 0.4) is 0 Å². The third-order valence-corrected chi connectivity index (χ3v) is 5.28. The zero-order valence-corrected chi connectivity index (χ0v) is 13.6. The van der Waals surface area contributed by atoms with Crippen molar-refractivity contribution in [3.05, 3.63) is 77.1 Å². The van der Waals surface area contributed by atoms with Gasteiger partial charge in [-0.25, -0.2) is 4.39 Å². The lowest BCUT2D eigenvalue weighted by Crippen LogP contribution is -2.29. The molecule has 2 aromatic rings. The highest BCUT2D eigenvalue weighted by molar-refractivity contribution is 5.65. The van der Waals surface area contributed by atoms with E-state index in [9.17, 15) is 4.39 Å². The van der Waals surface area contributed by atoms with Gasteiger partial charge in [0.2, 0.25) is 0 Å². The summed E-state index contributed by atoms with van der Waals surface area (Å²) in [5, 5.41) is 3.79. The van der Waals surface area contributed by atoms with Crippen LogP contribution < -0.4 is 5.32 Å². The van der Waals surface area contributed by atoms with Gasteiger partial charge in [-0.15, -0.1) is 0 Å². The van der Waals surface area contributed by atoms with Crippen LogP contribution >= 0.6 is 0 Å². The number of allylic oxidation sites excluding steroid dienone is 2.